The maximum Gasteiger partial charge on any atom is 3.00 e. The van der Waals surface area contributed by atoms with Crippen molar-refractivity contribution in [3.8, 4) is 0 Å². The SMILES string of the molecule is CC(C)OC(=O)c1ccccc1C(=O)[O-].CC(C)[O-].CCCC(=O)CC(=O)[O-].[Al+3]. The van der Waals surface area contributed by atoms with E-state index in [1.54, 1.807) is 33.8 Å². The Morgan fingerprint density at radius 1 is 0.966 bits per heavy atom. The topological polar surface area (TPSA) is 147 Å². The summed E-state index contributed by atoms with van der Waals surface area (Å²) in [6, 6.07) is 5.81. The summed E-state index contributed by atoms with van der Waals surface area (Å²) in [7, 11) is 0. The van der Waals surface area contributed by atoms with E-state index in [2.05, 4.69) is 0 Å². The number of aromatic carboxylic acids is 1. The molecule has 1 aromatic rings. The summed E-state index contributed by atoms with van der Waals surface area (Å²) in [4.78, 5) is 42.3. The van der Waals surface area contributed by atoms with E-state index < -0.39 is 30.4 Å². The largest absolute Gasteiger partial charge is 3.00 e. The molecule has 0 fully saturated rings. The zero-order chi connectivity index (χ0) is 22.3. The fraction of sp³-hybridized carbons (Fsp3) is 0.500. The number of hydrogen-bond donors (Lipinski definition) is 0. The number of carboxylic acid groups (broad SMARTS) is 2. The van der Waals surface area contributed by atoms with Crippen molar-refractivity contribution in [2.24, 2.45) is 0 Å². The van der Waals surface area contributed by atoms with Crippen LogP contribution in [0.1, 0.15) is 74.6 Å². The third-order valence-corrected chi connectivity index (χ3v) is 2.58. The van der Waals surface area contributed by atoms with Gasteiger partial charge in [-0.15, -0.1) is 6.10 Å². The van der Waals surface area contributed by atoms with Crippen LogP contribution in [-0.4, -0.2) is 53.3 Å². The number of rotatable bonds is 7. The molecule has 158 valence electrons. The first-order chi connectivity index (χ1) is 12.9. The summed E-state index contributed by atoms with van der Waals surface area (Å²) in [6.07, 6.45) is -0.0965. The second-order valence-electron chi connectivity index (χ2n) is 6.17. The number of carbonyl (C=O) groups is 4. The minimum atomic E-state index is -1.38. The minimum Gasteiger partial charge on any atom is -0.852 e. The summed E-state index contributed by atoms with van der Waals surface area (Å²) in [5.41, 5.74) is -0.130. The van der Waals surface area contributed by atoms with Crippen molar-refractivity contribution in [3.05, 3.63) is 35.4 Å². The molecule has 0 aromatic heterocycles. The summed E-state index contributed by atoms with van der Waals surface area (Å²) in [6.45, 7) is 8.44. The van der Waals surface area contributed by atoms with Gasteiger partial charge in [-0.1, -0.05) is 39.0 Å². The Balaban J connectivity index is -0.000000414. The van der Waals surface area contributed by atoms with Gasteiger partial charge in [0.1, 0.15) is 5.78 Å². The van der Waals surface area contributed by atoms with E-state index >= 15 is 0 Å². The van der Waals surface area contributed by atoms with Crippen LogP contribution in [0.2, 0.25) is 0 Å². The van der Waals surface area contributed by atoms with Gasteiger partial charge in [-0.25, -0.2) is 4.79 Å². The molecule has 0 unspecified atom stereocenters. The molecule has 29 heavy (non-hydrogen) atoms. The van der Waals surface area contributed by atoms with Crippen molar-refractivity contribution in [2.45, 2.75) is 66.1 Å². The van der Waals surface area contributed by atoms with Crippen LogP contribution in [0.25, 0.3) is 0 Å². The summed E-state index contributed by atoms with van der Waals surface area (Å²) < 4.78 is 4.90. The van der Waals surface area contributed by atoms with Crippen molar-refractivity contribution in [2.75, 3.05) is 0 Å². The van der Waals surface area contributed by atoms with Crippen molar-refractivity contribution >= 4 is 41.1 Å². The van der Waals surface area contributed by atoms with Gasteiger partial charge in [0.15, 0.2) is 0 Å². The number of aliphatic carboxylic acids is 1. The maximum atomic E-state index is 11.5. The van der Waals surface area contributed by atoms with Crippen molar-refractivity contribution in [1.82, 2.24) is 0 Å². The van der Waals surface area contributed by atoms with Crippen molar-refractivity contribution in [1.29, 1.82) is 0 Å². The van der Waals surface area contributed by atoms with E-state index in [0.29, 0.717) is 12.8 Å². The molecular weight excluding hydrogens is 395 g/mol. The van der Waals surface area contributed by atoms with Crippen LogP contribution in [0.4, 0.5) is 0 Å². The van der Waals surface area contributed by atoms with Crippen LogP contribution < -0.4 is 15.3 Å². The number of benzene rings is 1. The number of hydrogen-bond acceptors (Lipinski definition) is 8. The first-order valence-corrected chi connectivity index (χ1v) is 8.80. The molecule has 1 rings (SSSR count). The van der Waals surface area contributed by atoms with Crippen LogP contribution in [-0.2, 0) is 14.3 Å². The second-order valence-corrected chi connectivity index (χ2v) is 6.17. The Labute approximate surface area is 182 Å². The van der Waals surface area contributed by atoms with Gasteiger partial charge >= 0.3 is 23.3 Å². The van der Waals surface area contributed by atoms with Gasteiger partial charge in [-0.3, -0.25) is 4.79 Å². The number of ketones is 1. The van der Waals surface area contributed by atoms with Crippen molar-refractivity contribution < 1.29 is 39.2 Å². The fourth-order valence-electron chi connectivity index (χ4n) is 1.64. The molecule has 1 aromatic carbocycles. The molecule has 0 aliphatic carbocycles. The molecule has 0 atom stereocenters. The zero-order valence-electron chi connectivity index (χ0n) is 17.4. The van der Waals surface area contributed by atoms with E-state index in [1.165, 1.54) is 18.2 Å². The maximum absolute atomic E-state index is 11.5. The second kappa shape index (κ2) is 17.9. The molecule has 0 bridgehead atoms. The van der Waals surface area contributed by atoms with E-state index in [1.807, 2.05) is 6.92 Å². The standard InChI is InChI=1S/C11H12O4.C6H10O3.C3H7O.Al/c1-7(2)15-11(14)9-6-4-3-5-8(9)10(12)13;1-2-3-5(7)4-6(8)9;1-3(2)4;/h3-7H,1-2H3,(H,12,13);2-4H2,1H3,(H,8,9);3H,1-2H3;/q;;-1;+3/p-2. The molecule has 0 aliphatic heterocycles. The number of carbonyl (C=O) groups excluding carboxylic acids is 4. The van der Waals surface area contributed by atoms with Crippen molar-refractivity contribution in [3.63, 3.8) is 0 Å². The van der Waals surface area contributed by atoms with E-state index in [-0.39, 0.29) is 40.4 Å². The van der Waals surface area contributed by atoms with Gasteiger partial charge in [0.05, 0.1) is 17.6 Å². The predicted molar refractivity (Wildman–Crippen MR) is 102 cm³/mol. The molecule has 0 N–H and O–H groups in total. The minimum absolute atomic E-state index is 0. The van der Waals surface area contributed by atoms with Gasteiger partial charge in [0.2, 0.25) is 0 Å². The van der Waals surface area contributed by atoms with Gasteiger partial charge in [-0.2, -0.15) is 0 Å². The van der Waals surface area contributed by atoms with Gasteiger partial charge < -0.3 is 29.6 Å². The monoisotopic (exact) mass is 422 g/mol. The predicted octanol–water partition coefficient (Wildman–Crippen LogP) is -0.515. The molecule has 0 aliphatic rings. The molecule has 0 heterocycles. The van der Waals surface area contributed by atoms with Crippen LogP contribution in [0.3, 0.4) is 0 Å². The Kier molecular flexibility index (Phi) is 19.4. The molecule has 8 nitrogen and oxygen atoms in total. The number of esters is 1. The summed E-state index contributed by atoms with van der Waals surface area (Å²) in [5.74, 6) is -3.57. The van der Waals surface area contributed by atoms with E-state index in [9.17, 15) is 34.5 Å². The Bertz CT molecular complexity index is 638. The molecule has 0 radical (unpaired) electrons. The number of carboxylic acids is 2. The third kappa shape index (κ3) is 18.9. The van der Waals surface area contributed by atoms with Gasteiger partial charge in [0, 0.05) is 24.4 Å². The molecule has 0 saturated heterocycles. The third-order valence-electron chi connectivity index (χ3n) is 2.58. The molecule has 0 amide bonds. The summed E-state index contributed by atoms with van der Waals surface area (Å²) >= 11 is 0. The van der Waals surface area contributed by atoms with Crippen LogP contribution >= 0.6 is 0 Å². The fourth-order valence-corrected chi connectivity index (χ4v) is 1.64. The Morgan fingerprint density at radius 3 is 1.76 bits per heavy atom. The molecule has 9 heteroatoms. The van der Waals surface area contributed by atoms with E-state index in [4.69, 9.17) is 4.74 Å². The average Bonchev–Trinajstić information content (AvgIpc) is 2.53. The number of Topliss-reactive ketones (excluding diaryl/α,β-unsaturated/α-hetero) is 1. The quantitative estimate of drug-likeness (QED) is 0.324. The molecule has 0 spiro atoms. The summed E-state index contributed by atoms with van der Waals surface area (Å²) in [5, 5.41) is 30.0. The molecule has 0 saturated carbocycles. The van der Waals surface area contributed by atoms with Crippen LogP contribution in [0, 0.1) is 0 Å². The van der Waals surface area contributed by atoms with Gasteiger partial charge in [0.25, 0.3) is 0 Å². The Morgan fingerprint density at radius 2 is 1.41 bits per heavy atom. The van der Waals surface area contributed by atoms with Gasteiger partial charge in [-0.05, 0) is 26.3 Å². The van der Waals surface area contributed by atoms with Crippen LogP contribution in [0.15, 0.2) is 24.3 Å². The molecular formula is C20H27AlO8. The van der Waals surface area contributed by atoms with E-state index in [0.717, 1.165) is 0 Å². The Hall–Kier alpha value is -2.21. The zero-order valence-corrected chi connectivity index (χ0v) is 18.6. The van der Waals surface area contributed by atoms with Crippen LogP contribution in [0.5, 0.6) is 0 Å². The smallest absolute Gasteiger partial charge is 0.852 e. The average molecular weight is 422 g/mol. The first-order valence-electron chi connectivity index (χ1n) is 8.80. The number of ether oxygens (including phenoxy) is 1. The normalized spacial score (nSPS) is 9.24. The first kappa shape index (κ1) is 31.5.